The molecule has 132 valence electrons. The molecule has 0 radical (unpaired) electrons. The summed E-state index contributed by atoms with van der Waals surface area (Å²) < 4.78 is 0. The minimum Gasteiger partial charge on any atom is -0.481 e. The van der Waals surface area contributed by atoms with Crippen LogP contribution in [-0.4, -0.2) is 53.2 Å². The molecule has 0 fully saturated rings. The first-order chi connectivity index (χ1) is 10.2. The maximum Gasteiger partial charge on any atom is 0.323 e. The van der Waals surface area contributed by atoms with Gasteiger partial charge in [-0.25, -0.2) is 0 Å². The van der Waals surface area contributed by atoms with Crippen molar-refractivity contribution < 1.29 is 19.8 Å². The largest absolute Gasteiger partial charge is 0.481 e. The zero-order valence-electron chi connectivity index (χ0n) is 14.8. The second-order valence-electron chi connectivity index (χ2n) is 5.95. The van der Waals surface area contributed by atoms with Gasteiger partial charge in [0.05, 0.1) is 5.92 Å². The summed E-state index contributed by atoms with van der Waals surface area (Å²) in [5, 5.41) is 17.5. The first-order valence-electron chi connectivity index (χ1n) is 8.00. The van der Waals surface area contributed by atoms with E-state index in [4.69, 9.17) is 15.9 Å². The highest BCUT2D eigenvalue weighted by Crippen LogP contribution is 2.18. The van der Waals surface area contributed by atoms with Gasteiger partial charge in [-0.1, -0.05) is 26.7 Å². The lowest BCUT2D eigenvalue weighted by Crippen LogP contribution is -2.48. The highest BCUT2D eigenvalue weighted by atomic mass is 16.4. The predicted molar refractivity (Wildman–Crippen MR) is 89.0 cm³/mol. The van der Waals surface area contributed by atoms with E-state index in [9.17, 15) is 9.59 Å². The molecule has 0 amide bonds. The predicted octanol–water partition coefficient (Wildman–Crippen LogP) is 2.42. The molecule has 0 aliphatic rings. The van der Waals surface area contributed by atoms with Gasteiger partial charge >= 0.3 is 11.9 Å². The number of carboxylic acids is 2. The van der Waals surface area contributed by atoms with E-state index in [1.54, 1.807) is 25.9 Å². The Morgan fingerprint density at radius 2 is 1.73 bits per heavy atom. The van der Waals surface area contributed by atoms with E-state index < -0.39 is 17.5 Å². The lowest BCUT2D eigenvalue weighted by molar-refractivity contribution is -0.149. The number of rotatable bonds is 10. The minimum atomic E-state index is -0.791. The summed E-state index contributed by atoms with van der Waals surface area (Å²) in [5.41, 5.74) is 4.55. The lowest BCUT2D eigenvalue weighted by atomic mass is 9.95. The average molecular weight is 318 g/mol. The van der Waals surface area contributed by atoms with Crippen molar-refractivity contribution in [2.24, 2.45) is 11.7 Å². The van der Waals surface area contributed by atoms with Crippen LogP contribution in [0.4, 0.5) is 0 Å². The molecule has 0 aliphatic carbocycles. The molecule has 22 heavy (non-hydrogen) atoms. The van der Waals surface area contributed by atoms with Crippen molar-refractivity contribution in [3.63, 3.8) is 0 Å². The smallest absolute Gasteiger partial charge is 0.323 e. The van der Waals surface area contributed by atoms with Crippen LogP contribution in [0.3, 0.4) is 0 Å². The van der Waals surface area contributed by atoms with E-state index in [1.165, 1.54) is 0 Å². The Kier molecular flexibility index (Phi) is 13.0. The van der Waals surface area contributed by atoms with Gasteiger partial charge in [-0.15, -0.1) is 0 Å². The summed E-state index contributed by atoms with van der Waals surface area (Å²) in [5.74, 6) is -1.54. The van der Waals surface area contributed by atoms with Crippen LogP contribution in [0, 0.1) is 5.92 Å². The number of hydrogen-bond acceptors (Lipinski definition) is 4. The molecule has 0 rings (SSSR count). The van der Waals surface area contributed by atoms with Crippen LogP contribution in [0.2, 0.25) is 0 Å². The van der Waals surface area contributed by atoms with E-state index in [2.05, 4.69) is 6.92 Å². The molecule has 6 heteroatoms. The molecule has 2 atom stereocenters. The van der Waals surface area contributed by atoms with Crippen LogP contribution in [0.25, 0.3) is 0 Å². The van der Waals surface area contributed by atoms with Crippen LogP contribution in [0.15, 0.2) is 0 Å². The summed E-state index contributed by atoms with van der Waals surface area (Å²) >= 11 is 0. The molecule has 0 heterocycles. The zero-order chi connectivity index (χ0) is 17.8. The van der Waals surface area contributed by atoms with Crippen molar-refractivity contribution in [2.75, 3.05) is 20.6 Å². The number of nitrogens with two attached hydrogens (primary N) is 1. The third kappa shape index (κ3) is 9.00. The van der Waals surface area contributed by atoms with Gasteiger partial charge in [-0.2, -0.15) is 0 Å². The Morgan fingerprint density at radius 3 is 2.00 bits per heavy atom. The van der Waals surface area contributed by atoms with Gasteiger partial charge in [0.25, 0.3) is 0 Å². The number of unbranched alkanes of at least 4 members (excludes halogenated alkanes) is 1. The third-order valence-corrected chi connectivity index (χ3v) is 4.06. The molecule has 0 spiro atoms. The molecule has 0 aromatic rings. The van der Waals surface area contributed by atoms with Crippen LogP contribution in [0.1, 0.15) is 59.3 Å². The SMILES string of the molecule is CCCCC(CC)C(=O)O.CN(C)C(C)(CCCN)C(=O)O. The van der Waals surface area contributed by atoms with Crippen molar-refractivity contribution in [1.82, 2.24) is 4.90 Å². The summed E-state index contributed by atoms with van der Waals surface area (Å²) in [7, 11) is 3.54. The van der Waals surface area contributed by atoms with E-state index in [0.29, 0.717) is 13.0 Å². The second-order valence-corrected chi connectivity index (χ2v) is 5.95. The Labute approximate surface area is 134 Å². The second kappa shape index (κ2) is 12.4. The van der Waals surface area contributed by atoms with Gasteiger partial charge in [-0.3, -0.25) is 14.5 Å². The van der Waals surface area contributed by atoms with Gasteiger partial charge < -0.3 is 15.9 Å². The van der Waals surface area contributed by atoms with Gasteiger partial charge in [0.15, 0.2) is 0 Å². The fourth-order valence-corrected chi connectivity index (χ4v) is 1.92. The summed E-state index contributed by atoms with van der Waals surface area (Å²) in [6.45, 7) is 6.25. The lowest BCUT2D eigenvalue weighted by Gasteiger charge is -2.31. The summed E-state index contributed by atoms with van der Waals surface area (Å²) in [6, 6.07) is 0. The number of hydrogen-bond donors (Lipinski definition) is 3. The van der Waals surface area contributed by atoms with Crippen molar-refractivity contribution in [3.8, 4) is 0 Å². The molecule has 0 aliphatic heterocycles. The Balaban J connectivity index is 0. The fraction of sp³-hybridized carbons (Fsp3) is 0.875. The van der Waals surface area contributed by atoms with Gasteiger partial charge in [0.2, 0.25) is 0 Å². The van der Waals surface area contributed by atoms with E-state index >= 15 is 0 Å². The van der Waals surface area contributed by atoms with Crippen molar-refractivity contribution >= 4 is 11.9 Å². The minimum absolute atomic E-state index is 0.111. The molecule has 4 N–H and O–H groups in total. The summed E-state index contributed by atoms with van der Waals surface area (Å²) in [4.78, 5) is 23.0. The molecule has 0 aromatic heterocycles. The van der Waals surface area contributed by atoms with Crippen LogP contribution >= 0.6 is 0 Å². The number of carboxylic acid groups (broad SMARTS) is 2. The molecule has 6 nitrogen and oxygen atoms in total. The quantitative estimate of drug-likeness (QED) is 0.571. The number of nitrogens with zero attached hydrogens (tertiary/aromatic N) is 1. The Morgan fingerprint density at radius 1 is 1.18 bits per heavy atom. The van der Waals surface area contributed by atoms with Crippen molar-refractivity contribution in [1.29, 1.82) is 0 Å². The Hall–Kier alpha value is -1.14. The van der Waals surface area contributed by atoms with Gasteiger partial charge in [0, 0.05) is 0 Å². The molecule has 0 saturated carbocycles. The van der Waals surface area contributed by atoms with Crippen LogP contribution in [-0.2, 0) is 9.59 Å². The fourth-order valence-electron chi connectivity index (χ4n) is 1.92. The maximum absolute atomic E-state index is 10.9. The monoisotopic (exact) mass is 318 g/mol. The molecule has 0 aromatic carbocycles. The standard InChI is InChI=1S/C8H18N2O2.C8H16O2/c1-8(7(11)12,10(2)3)5-4-6-9;1-3-5-6-7(4-2)8(9)10/h4-6,9H2,1-3H3,(H,11,12);7H,3-6H2,1-2H3,(H,9,10). The van der Waals surface area contributed by atoms with Crippen molar-refractivity contribution in [3.05, 3.63) is 0 Å². The molecular weight excluding hydrogens is 284 g/mol. The normalized spacial score (nSPS) is 14.7. The first kappa shape index (κ1) is 23.1. The van der Waals surface area contributed by atoms with Crippen LogP contribution in [0.5, 0.6) is 0 Å². The number of carbonyl (C=O) groups is 2. The zero-order valence-corrected chi connectivity index (χ0v) is 14.8. The summed E-state index contributed by atoms with van der Waals surface area (Å²) in [6.07, 6.45) is 5.04. The highest BCUT2D eigenvalue weighted by molar-refractivity contribution is 5.78. The first-order valence-corrected chi connectivity index (χ1v) is 8.00. The Bertz CT molecular complexity index is 321. The topological polar surface area (TPSA) is 104 Å². The van der Waals surface area contributed by atoms with Gasteiger partial charge in [0.1, 0.15) is 5.54 Å². The molecular formula is C16H34N2O4. The van der Waals surface area contributed by atoms with E-state index in [-0.39, 0.29) is 5.92 Å². The number of likely N-dealkylation sites (N-methyl/N-ethyl adjacent to an activating group) is 1. The van der Waals surface area contributed by atoms with Crippen LogP contribution < -0.4 is 5.73 Å². The third-order valence-electron chi connectivity index (χ3n) is 4.06. The van der Waals surface area contributed by atoms with E-state index in [1.807, 2.05) is 6.92 Å². The molecule has 0 bridgehead atoms. The van der Waals surface area contributed by atoms with E-state index in [0.717, 1.165) is 32.1 Å². The average Bonchev–Trinajstić information content (AvgIpc) is 2.45. The maximum atomic E-state index is 10.9. The van der Waals surface area contributed by atoms with Gasteiger partial charge in [-0.05, 0) is 53.2 Å². The molecule has 2 unspecified atom stereocenters. The number of aliphatic carboxylic acids is 2. The van der Waals surface area contributed by atoms with Crippen molar-refractivity contribution in [2.45, 2.75) is 64.8 Å². The highest BCUT2D eigenvalue weighted by Gasteiger charge is 2.34. The molecule has 0 saturated heterocycles.